The molecule has 1 atom stereocenters. The van der Waals surface area contributed by atoms with Crippen molar-refractivity contribution in [3.63, 3.8) is 0 Å². The Morgan fingerprint density at radius 1 is 1.30 bits per heavy atom. The highest BCUT2D eigenvalue weighted by Gasteiger charge is 2.36. The first-order chi connectivity index (χ1) is 9.68. The zero-order chi connectivity index (χ0) is 14.1. The molecule has 1 fully saturated rings. The van der Waals surface area contributed by atoms with Gasteiger partial charge in [-0.05, 0) is 18.6 Å². The SMILES string of the molecule is N/C(=C\NC1CCOC1)N1C(=O)c2ccccc2C1=O. The fourth-order valence-electron chi connectivity index (χ4n) is 2.36. The van der Waals surface area contributed by atoms with Crippen LogP contribution in [0.4, 0.5) is 0 Å². The highest BCUT2D eigenvalue weighted by atomic mass is 16.5. The van der Waals surface area contributed by atoms with Crippen LogP contribution in [0.15, 0.2) is 36.3 Å². The molecule has 0 aromatic heterocycles. The van der Waals surface area contributed by atoms with Crippen molar-refractivity contribution >= 4 is 11.8 Å². The van der Waals surface area contributed by atoms with E-state index in [4.69, 9.17) is 10.5 Å². The van der Waals surface area contributed by atoms with Crippen LogP contribution in [0, 0.1) is 0 Å². The number of rotatable bonds is 3. The molecule has 1 unspecified atom stereocenters. The molecule has 2 aliphatic rings. The Hall–Kier alpha value is -2.34. The number of benzene rings is 1. The van der Waals surface area contributed by atoms with Gasteiger partial charge in [0.25, 0.3) is 11.8 Å². The molecule has 2 amide bonds. The summed E-state index contributed by atoms with van der Waals surface area (Å²) in [6.07, 6.45) is 2.38. The van der Waals surface area contributed by atoms with E-state index < -0.39 is 0 Å². The molecule has 6 heteroatoms. The summed E-state index contributed by atoms with van der Waals surface area (Å²) in [5, 5.41) is 3.07. The summed E-state index contributed by atoms with van der Waals surface area (Å²) in [5.41, 5.74) is 6.63. The molecule has 2 heterocycles. The predicted octanol–water partition coefficient (Wildman–Crippen LogP) is 0.419. The Balaban J connectivity index is 1.79. The molecule has 0 radical (unpaired) electrons. The summed E-state index contributed by atoms with van der Waals surface area (Å²) in [5.74, 6) is -0.671. The van der Waals surface area contributed by atoms with Gasteiger partial charge in [-0.2, -0.15) is 0 Å². The van der Waals surface area contributed by atoms with Gasteiger partial charge in [0.15, 0.2) is 0 Å². The van der Waals surface area contributed by atoms with Crippen molar-refractivity contribution in [1.82, 2.24) is 10.2 Å². The van der Waals surface area contributed by atoms with Crippen LogP contribution < -0.4 is 11.1 Å². The number of nitrogens with zero attached hydrogens (tertiary/aromatic N) is 1. The first kappa shape index (κ1) is 12.7. The van der Waals surface area contributed by atoms with Crippen LogP contribution >= 0.6 is 0 Å². The van der Waals surface area contributed by atoms with Gasteiger partial charge in [-0.15, -0.1) is 0 Å². The van der Waals surface area contributed by atoms with E-state index in [9.17, 15) is 9.59 Å². The van der Waals surface area contributed by atoms with E-state index in [-0.39, 0.29) is 23.7 Å². The van der Waals surface area contributed by atoms with Gasteiger partial charge < -0.3 is 15.8 Å². The minimum atomic E-state index is -0.385. The standard InChI is InChI=1S/C14H15N3O3/c15-12(7-16-9-5-6-20-8-9)17-13(18)10-3-1-2-4-11(10)14(17)19/h1-4,7,9,16H,5-6,8,15H2/b12-7+. The van der Waals surface area contributed by atoms with Crippen LogP contribution in [-0.4, -0.2) is 36.0 Å². The number of hydrogen-bond donors (Lipinski definition) is 2. The first-order valence-electron chi connectivity index (χ1n) is 6.45. The van der Waals surface area contributed by atoms with Crippen LogP contribution in [0.1, 0.15) is 27.1 Å². The average Bonchev–Trinajstić information content (AvgIpc) is 3.05. The van der Waals surface area contributed by atoms with Crippen LogP contribution in [0.2, 0.25) is 0 Å². The smallest absolute Gasteiger partial charge is 0.267 e. The monoisotopic (exact) mass is 273 g/mol. The van der Waals surface area contributed by atoms with Crippen LogP contribution in [-0.2, 0) is 4.74 Å². The van der Waals surface area contributed by atoms with E-state index in [0.29, 0.717) is 24.3 Å². The number of hydrogen-bond acceptors (Lipinski definition) is 5. The highest BCUT2D eigenvalue weighted by Crippen LogP contribution is 2.24. The quantitative estimate of drug-likeness (QED) is 0.780. The second-order valence-electron chi connectivity index (χ2n) is 4.79. The zero-order valence-electron chi connectivity index (χ0n) is 10.8. The van der Waals surface area contributed by atoms with Crippen molar-refractivity contribution in [3.8, 4) is 0 Å². The molecule has 3 rings (SSSR count). The molecular weight excluding hydrogens is 258 g/mol. The lowest BCUT2D eigenvalue weighted by Crippen LogP contribution is -2.35. The Morgan fingerprint density at radius 3 is 2.50 bits per heavy atom. The molecule has 6 nitrogen and oxygen atoms in total. The minimum Gasteiger partial charge on any atom is -0.383 e. The van der Waals surface area contributed by atoms with Crippen molar-refractivity contribution in [2.75, 3.05) is 13.2 Å². The predicted molar refractivity (Wildman–Crippen MR) is 71.6 cm³/mol. The van der Waals surface area contributed by atoms with Crippen LogP contribution in [0.3, 0.4) is 0 Å². The Labute approximate surface area is 116 Å². The Morgan fingerprint density at radius 2 is 1.95 bits per heavy atom. The summed E-state index contributed by atoms with van der Waals surface area (Å²) in [6, 6.07) is 6.87. The van der Waals surface area contributed by atoms with Crippen molar-refractivity contribution in [2.45, 2.75) is 12.5 Å². The van der Waals surface area contributed by atoms with E-state index in [2.05, 4.69) is 5.32 Å². The largest absolute Gasteiger partial charge is 0.383 e. The number of carbonyl (C=O) groups excluding carboxylic acids is 2. The van der Waals surface area contributed by atoms with Crippen molar-refractivity contribution in [3.05, 3.63) is 47.4 Å². The van der Waals surface area contributed by atoms with Crippen molar-refractivity contribution < 1.29 is 14.3 Å². The zero-order valence-corrected chi connectivity index (χ0v) is 10.8. The van der Waals surface area contributed by atoms with Gasteiger partial charge in [0.1, 0.15) is 5.82 Å². The molecule has 0 saturated carbocycles. The summed E-state index contributed by atoms with van der Waals surface area (Å²) < 4.78 is 5.23. The Bertz CT molecular complexity index is 556. The molecule has 1 aromatic carbocycles. The molecule has 0 aliphatic carbocycles. The lowest BCUT2D eigenvalue weighted by molar-refractivity contribution is 0.0701. The molecule has 2 aliphatic heterocycles. The van der Waals surface area contributed by atoms with Crippen molar-refractivity contribution in [1.29, 1.82) is 0 Å². The fourth-order valence-corrected chi connectivity index (χ4v) is 2.36. The normalized spacial score (nSPS) is 22.3. The molecule has 1 saturated heterocycles. The van der Waals surface area contributed by atoms with Gasteiger partial charge in [0.2, 0.25) is 0 Å². The summed E-state index contributed by atoms with van der Waals surface area (Å²) in [7, 11) is 0. The van der Waals surface area contributed by atoms with Gasteiger partial charge in [-0.3, -0.25) is 9.59 Å². The van der Waals surface area contributed by atoms with E-state index in [1.54, 1.807) is 24.3 Å². The maximum Gasteiger partial charge on any atom is 0.267 e. The molecule has 0 spiro atoms. The van der Waals surface area contributed by atoms with Crippen LogP contribution in [0.5, 0.6) is 0 Å². The molecule has 0 bridgehead atoms. The van der Waals surface area contributed by atoms with Gasteiger partial charge in [-0.25, -0.2) is 4.90 Å². The fraction of sp³-hybridized carbons (Fsp3) is 0.286. The first-order valence-corrected chi connectivity index (χ1v) is 6.45. The topological polar surface area (TPSA) is 84.7 Å². The van der Waals surface area contributed by atoms with E-state index in [1.165, 1.54) is 6.20 Å². The third-order valence-corrected chi connectivity index (χ3v) is 3.45. The Kier molecular flexibility index (Phi) is 3.15. The van der Waals surface area contributed by atoms with Crippen molar-refractivity contribution in [2.24, 2.45) is 5.73 Å². The number of ether oxygens (including phenoxy) is 1. The molecule has 104 valence electrons. The molecule has 3 N–H and O–H groups in total. The maximum absolute atomic E-state index is 12.2. The summed E-state index contributed by atoms with van der Waals surface area (Å²) in [6.45, 7) is 1.31. The minimum absolute atomic E-state index is 0.100. The highest BCUT2D eigenvalue weighted by molar-refractivity contribution is 6.22. The van der Waals surface area contributed by atoms with Gasteiger partial charge in [0, 0.05) is 12.8 Å². The number of nitrogens with two attached hydrogens (primary N) is 1. The number of imide groups is 1. The van der Waals surface area contributed by atoms with Gasteiger partial charge >= 0.3 is 0 Å². The molecule has 1 aromatic rings. The van der Waals surface area contributed by atoms with Gasteiger partial charge in [0.05, 0.1) is 23.8 Å². The third-order valence-electron chi connectivity index (χ3n) is 3.45. The second-order valence-corrected chi connectivity index (χ2v) is 4.79. The lowest BCUT2D eigenvalue weighted by Gasteiger charge is -2.15. The number of carbonyl (C=O) groups is 2. The molecule has 20 heavy (non-hydrogen) atoms. The van der Waals surface area contributed by atoms with Crippen LogP contribution in [0.25, 0.3) is 0 Å². The lowest BCUT2D eigenvalue weighted by atomic mass is 10.1. The van der Waals surface area contributed by atoms with E-state index in [0.717, 1.165) is 11.3 Å². The van der Waals surface area contributed by atoms with Gasteiger partial charge in [-0.1, -0.05) is 12.1 Å². The summed E-state index contributed by atoms with van der Waals surface area (Å²) >= 11 is 0. The third kappa shape index (κ3) is 2.04. The maximum atomic E-state index is 12.2. The van der Waals surface area contributed by atoms with E-state index >= 15 is 0 Å². The van der Waals surface area contributed by atoms with E-state index in [1.807, 2.05) is 0 Å². The molecular formula is C14H15N3O3. The summed E-state index contributed by atoms with van der Waals surface area (Å²) in [4.78, 5) is 25.3. The number of nitrogens with one attached hydrogen (secondary N) is 1. The second kappa shape index (κ2) is 4.97. The number of amides is 2. The number of fused-ring (bicyclic) bond motifs is 1. The average molecular weight is 273 g/mol.